The lowest BCUT2D eigenvalue weighted by Crippen LogP contribution is -2.40. The van der Waals surface area contributed by atoms with Crippen LogP contribution in [-0.4, -0.2) is 42.3 Å². The first-order valence-electron chi connectivity index (χ1n) is 7.29. The number of sulfone groups is 1. The normalized spacial score (nSPS) is 21.8. The number of methoxy groups -OCH3 is 1. The molecule has 0 unspecified atom stereocenters. The van der Waals surface area contributed by atoms with Crippen LogP contribution in [0.2, 0.25) is 0 Å². The number of benzene rings is 1. The molecule has 1 aromatic rings. The van der Waals surface area contributed by atoms with Gasteiger partial charge in [-0.2, -0.15) is 0 Å². The van der Waals surface area contributed by atoms with Crippen molar-refractivity contribution in [1.82, 2.24) is 4.72 Å². The number of nitrogens with one attached hydrogen (secondary N) is 1. The number of hydrogen-bond donors (Lipinski definition) is 2. The van der Waals surface area contributed by atoms with E-state index in [1.54, 1.807) is 0 Å². The van der Waals surface area contributed by atoms with Gasteiger partial charge in [0.25, 0.3) is 0 Å². The summed E-state index contributed by atoms with van der Waals surface area (Å²) in [7, 11) is -6.06. The lowest BCUT2D eigenvalue weighted by Gasteiger charge is -2.26. The molecule has 0 aliphatic heterocycles. The van der Waals surface area contributed by atoms with Gasteiger partial charge >= 0.3 is 0 Å². The number of nitrogens with two attached hydrogens (primary N) is 1. The molecule has 0 heterocycles. The second-order valence-corrected chi connectivity index (χ2v) is 9.52. The van der Waals surface area contributed by atoms with Gasteiger partial charge in [0.05, 0.1) is 12.0 Å². The Morgan fingerprint density at radius 2 is 1.71 bits per heavy atom. The first-order valence-corrected chi connectivity index (χ1v) is 10.7. The first-order chi connectivity index (χ1) is 10.6. The van der Waals surface area contributed by atoms with E-state index >= 15 is 0 Å². The van der Waals surface area contributed by atoms with Gasteiger partial charge in [-0.1, -0.05) is 0 Å². The second-order valence-electron chi connectivity index (χ2n) is 5.82. The fourth-order valence-electron chi connectivity index (χ4n) is 2.62. The number of sulfonamides is 1. The van der Waals surface area contributed by atoms with Gasteiger partial charge in [0.1, 0.15) is 10.6 Å². The highest BCUT2D eigenvalue weighted by molar-refractivity contribution is 7.91. The van der Waals surface area contributed by atoms with Crippen molar-refractivity contribution in [2.75, 3.05) is 13.4 Å². The molecule has 0 radical (unpaired) electrons. The summed E-state index contributed by atoms with van der Waals surface area (Å²) in [6, 6.07) is 3.71. The van der Waals surface area contributed by atoms with Crippen molar-refractivity contribution in [2.45, 2.75) is 47.6 Å². The predicted molar refractivity (Wildman–Crippen MR) is 93.9 cm³/mol. The lowest BCUT2D eigenvalue weighted by molar-refractivity contribution is 0.371. The second kappa shape index (κ2) is 8.01. The minimum Gasteiger partial charge on any atom is -0.495 e. The van der Waals surface area contributed by atoms with E-state index < -0.39 is 19.9 Å². The maximum Gasteiger partial charge on any atom is 0.244 e. The van der Waals surface area contributed by atoms with Gasteiger partial charge in [0, 0.05) is 18.3 Å². The Kier molecular flexibility index (Phi) is 7.06. The first kappa shape index (κ1) is 21.2. The maximum atomic E-state index is 12.6. The molecule has 3 N–H and O–H groups in total. The van der Waals surface area contributed by atoms with Crippen LogP contribution in [0.1, 0.15) is 25.7 Å². The van der Waals surface area contributed by atoms with Crippen molar-refractivity contribution in [3.63, 3.8) is 0 Å². The van der Waals surface area contributed by atoms with E-state index in [9.17, 15) is 16.8 Å². The van der Waals surface area contributed by atoms with Crippen LogP contribution in [0.25, 0.3) is 0 Å². The Hall–Kier alpha value is -0.870. The third-order valence-corrected chi connectivity index (χ3v) is 6.60. The Morgan fingerprint density at radius 3 is 2.21 bits per heavy atom. The third kappa shape index (κ3) is 5.06. The molecule has 0 amide bonds. The summed E-state index contributed by atoms with van der Waals surface area (Å²) in [6.45, 7) is 0. The summed E-state index contributed by atoms with van der Waals surface area (Å²) >= 11 is 0. The van der Waals surface area contributed by atoms with Gasteiger partial charge in [-0.3, -0.25) is 0 Å². The summed E-state index contributed by atoms with van der Waals surface area (Å²) in [4.78, 5) is -0.234. The molecule has 10 heteroatoms. The van der Waals surface area contributed by atoms with E-state index in [0.29, 0.717) is 12.8 Å². The van der Waals surface area contributed by atoms with Crippen LogP contribution in [-0.2, 0) is 19.9 Å². The van der Waals surface area contributed by atoms with Crippen molar-refractivity contribution in [3.8, 4) is 5.75 Å². The Labute approximate surface area is 149 Å². The van der Waals surface area contributed by atoms with E-state index in [0.717, 1.165) is 25.2 Å². The van der Waals surface area contributed by atoms with E-state index in [1.165, 1.54) is 19.2 Å². The zero-order valence-electron chi connectivity index (χ0n) is 13.6. The van der Waals surface area contributed by atoms with Crippen LogP contribution in [0.15, 0.2) is 28.0 Å². The molecule has 138 valence electrons. The van der Waals surface area contributed by atoms with Crippen LogP contribution < -0.4 is 15.2 Å². The molecule has 0 bridgehead atoms. The highest BCUT2D eigenvalue weighted by Crippen LogP contribution is 2.28. The third-order valence-electron chi connectivity index (χ3n) is 3.95. The molecule has 7 nitrogen and oxygen atoms in total. The molecule has 1 aromatic carbocycles. The monoisotopic (exact) mass is 398 g/mol. The number of halogens is 1. The molecular weight excluding hydrogens is 376 g/mol. The van der Waals surface area contributed by atoms with Gasteiger partial charge in [0.2, 0.25) is 10.0 Å². The zero-order chi connectivity index (χ0) is 17.3. The lowest BCUT2D eigenvalue weighted by atomic mass is 9.93. The SMILES string of the molecule is COc1ccc(S(C)(=O)=O)cc1S(=O)(=O)NC1CCC(N)CC1.Cl. The van der Waals surface area contributed by atoms with Crippen LogP contribution in [0.4, 0.5) is 0 Å². The highest BCUT2D eigenvalue weighted by atomic mass is 35.5. The molecule has 0 spiro atoms. The van der Waals surface area contributed by atoms with Crippen molar-refractivity contribution in [2.24, 2.45) is 5.73 Å². The molecule has 0 saturated heterocycles. The highest BCUT2D eigenvalue weighted by Gasteiger charge is 2.27. The van der Waals surface area contributed by atoms with Gasteiger partial charge in [-0.25, -0.2) is 21.6 Å². The van der Waals surface area contributed by atoms with Crippen LogP contribution >= 0.6 is 12.4 Å². The summed E-state index contributed by atoms with van der Waals surface area (Å²) in [5.74, 6) is 0.109. The smallest absolute Gasteiger partial charge is 0.244 e. The molecule has 24 heavy (non-hydrogen) atoms. The van der Waals surface area contributed by atoms with Gasteiger partial charge in [-0.05, 0) is 43.9 Å². The predicted octanol–water partition coefficient (Wildman–Crippen LogP) is 1.07. The van der Waals surface area contributed by atoms with Crippen molar-refractivity contribution < 1.29 is 21.6 Å². The number of hydrogen-bond acceptors (Lipinski definition) is 6. The minimum atomic E-state index is -3.88. The molecular formula is C14H23ClN2O5S2. The van der Waals surface area contributed by atoms with Gasteiger partial charge in [-0.15, -0.1) is 12.4 Å². The molecule has 1 fully saturated rings. The Morgan fingerprint density at radius 1 is 1.12 bits per heavy atom. The van der Waals surface area contributed by atoms with Crippen molar-refractivity contribution in [1.29, 1.82) is 0 Å². The Bertz CT molecular complexity index is 772. The summed E-state index contributed by atoms with van der Waals surface area (Å²) in [6.07, 6.45) is 3.87. The van der Waals surface area contributed by atoms with E-state index in [2.05, 4.69) is 4.72 Å². The molecule has 0 atom stereocenters. The molecule has 1 aliphatic carbocycles. The summed E-state index contributed by atoms with van der Waals surface area (Å²) in [5, 5.41) is 0. The fourth-order valence-corrected chi connectivity index (χ4v) is 4.84. The molecule has 1 aliphatic rings. The average molecular weight is 399 g/mol. The zero-order valence-corrected chi connectivity index (χ0v) is 16.0. The van der Waals surface area contributed by atoms with Crippen LogP contribution in [0.3, 0.4) is 0 Å². The maximum absolute atomic E-state index is 12.6. The van der Waals surface area contributed by atoms with Crippen molar-refractivity contribution >= 4 is 32.3 Å². The van der Waals surface area contributed by atoms with E-state index in [-0.39, 0.29) is 40.0 Å². The largest absolute Gasteiger partial charge is 0.495 e. The number of ether oxygens (including phenoxy) is 1. The van der Waals surface area contributed by atoms with Gasteiger partial charge < -0.3 is 10.5 Å². The van der Waals surface area contributed by atoms with E-state index in [1.807, 2.05) is 0 Å². The summed E-state index contributed by atoms with van der Waals surface area (Å²) in [5.41, 5.74) is 5.82. The number of rotatable bonds is 5. The van der Waals surface area contributed by atoms with Crippen LogP contribution in [0, 0.1) is 0 Å². The topological polar surface area (TPSA) is 116 Å². The van der Waals surface area contributed by atoms with Crippen LogP contribution in [0.5, 0.6) is 5.75 Å². The molecule has 2 rings (SSSR count). The summed E-state index contributed by atoms with van der Waals surface area (Å²) < 4.78 is 56.3. The van der Waals surface area contributed by atoms with E-state index in [4.69, 9.17) is 10.5 Å². The average Bonchev–Trinajstić information content (AvgIpc) is 2.48. The quantitative estimate of drug-likeness (QED) is 0.766. The standard InChI is InChI=1S/C14H22N2O5S2.ClH/c1-21-13-8-7-12(22(2,17)18)9-14(13)23(19,20)16-11-5-3-10(15)4-6-11;/h7-11,16H,3-6,15H2,1-2H3;1H. The van der Waals surface area contributed by atoms with Crippen molar-refractivity contribution in [3.05, 3.63) is 18.2 Å². The molecule has 1 saturated carbocycles. The van der Waals surface area contributed by atoms with Gasteiger partial charge in [0.15, 0.2) is 9.84 Å². The Balaban J connectivity index is 0.00000288. The fraction of sp³-hybridized carbons (Fsp3) is 0.571. The molecule has 0 aromatic heterocycles. The minimum absolute atomic E-state index is 0.